The van der Waals surface area contributed by atoms with Gasteiger partial charge in [-0.2, -0.15) is 0 Å². The van der Waals surface area contributed by atoms with Gasteiger partial charge in [-0.25, -0.2) is 0 Å². The van der Waals surface area contributed by atoms with E-state index in [-0.39, 0.29) is 0 Å². The van der Waals surface area contributed by atoms with Crippen LogP contribution in [0.3, 0.4) is 0 Å². The quantitative estimate of drug-likeness (QED) is 0.233. The summed E-state index contributed by atoms with van der Waals surface area (Å²) in [6, 6.07) is 43.5. The van der Waals surface area contributed by atoms with Gasteiger partial charge in [-0.15, -0.1) is 0 Å². The second kappa shape index (κ2) is 9.42. The van der Waals surface area contributed by atoms with Crippen LogP contribution in [0.4, 0.5) is 0 Å². The Hall–Kier alpha value is -5.08. The van der Waals surface area contributed by atoms with Crippen LogP contribution in [0.25, 0.3) is 66.1 Å². The van der Waals surface area contributed by atoms with E-state index < -0.39 is 0 Å². The van der Waals surface area contributed by atoms with Crippen LogP contribution < -0.4 is 0 Å². The summed E-state index contributed by atoms with van der Waals surface area (Å²) in [6.07, 6.45) is 7.42. The van der Waals surface area contributed by atoms with Gasteiger partial charge < -0.3 is 0 Å². The highest BCUT2D eigenvalue weighted by Crippen LogP contribution is 2.44. The summed E-state index contributed by atoms with van der Waals surface area (Å²) in [6.45, 7) is 0. The zero-order chi connectivity index (χ0) is 25.3. The normalized spacial score (nSPS) is 11.2. The summed E-state index contributed by atoms with van der Waals surface area (Å²) < 4.78 is 0. The summed E-state index contributed by atoms with van der Waals surface area (Å²) in [5, 5.41) is 5.02. The van der Waals surface area contributed by atoms with E-state index in [9.17, 15) is 0 Å². The fraction of sp³-hybridized carbons (Fsp3) is 0. The fourth-order valence-electron chi connectivity index (χ4n) is 5.51. The molecule has 0 N–H and O–H groups in total. The highest BCUT2D eigenvalue weighted by molar-refractivity contribution is 6.21. The second-order valence-electron chi connectivity index (χ2n) is 9.48. The summed E-state index contributed by atoms with van der Waals surface area (Å²) in [5.41, 5.74) is 9.60. The SMILES string of the molecule is c1cncc(-c2ccc(-c3c4ccccc4c(-c4cccc(-c5ccncc5)c4)c4ccccc34)cc2)c1. The molecular weight excluding hydrogens is 460 g/mol. The maximum absolute atomic E-state index is 4.28. The van der Waals surface area contributed by atoms with E-state index in [2.05, 4.69) is 125 Å². The molecule has 0 aliphatic carbocycles. The molecule has 5 aromatic carbocycles. The Balaban J connectivity index is 1.47. The lowest BCUT2D eigenvalue weighted by Gasteiger charge is -2.18. The van der Waals surface area contributed by atoms with Crippen molar-refractivity contribution in [3.8, 4) is 44.5 Å². The molecule has 2 heteroatoms. The third-order valence-corrected chi connectivity index (χ3v) is 7.26. The Kier molecular flexibility index (Phi) is 5.49. The second-order valence-corrected chi connectivity index (χ2v) is 9.48. The van der Waals surface area contributed by atoms with Gasteiger partial charge >= 0.3 is 0 Å². The van der Waals surface area contributed by atoms with Gasteiger partial charge in [-0.3, -0.25) is 9.97 Å². The number of fused-ring (bicyclic) bond motifs is 2. The predicted octanol–water partition coefficient (Wildman–Crippen LogP) is 9.45. The Bertz CT molecular complexity index is 1830. The molecule has 0 saturated heterocycles. The van der Waals surface area contributed by atoms with Crippen LogP contribution in [-0.2, 0) is 0 Å². The van der Waals surface area contributed by atoms with Crippen molar-refractivity contribution in [2.75, 3.05) is 0 Å². The third kappa shape index (κ3) is 3.84. The zero-order valence-electron chi connectivity index (χ0n) is 20.8. The van der Waals surface area contributed by atoms with E-state index in [1.165, 1.54) is 60.5 Å². The maximum atomic E-state index is 4.28. The summed E-state index contributed by atoms with van der Waals surface area (Å²) >= 11 is 0. The first kappa shape index (κ1) is 22.1. The molecule has 0 fully saturated rings. The van der Waals surface area contributed by atoms with E-state index in [4.69, 9.17) is 0 Å². The van der Waals surface area contributed by atoms with Crippen LogP contribution in [0.15, 0.2) is 146 Å². The van der Waals surface area contributed by atoms with E-state index in [0.717, 1.165) is 5.56 Å². The molecule has 0 atom stereocenters. The average molecular weight is 485 g/mol. The molecular formula is C36H24N2. The highest BCUT2D eigenvalue weighted by Gasteiger charge is 2.16. The van der Waals surface area contributed by atoms with Gasteiger partial charge in [-0.05, 0) is 90.3 Å². The van der Waals surface area contributed by atoms with E-state index >= 15 is 0 Å². The van der Waals surface area contributed by atoms with Crippen molar-refractivity contribution in [1.29, 1.82) is 0 Å². The molecule has 0 aliphatic heterocycles. The Morgan fingerprint density at radius 3 is 1.45 bits per heavy atom. The van der Waals surface area contributed by atoms with Crippen LogP contribution in [0.2, 0.25) is 0 Å². The van der Waals surface area contributed by atoms with Gasteiger partial charge in [0.15, 0.2) is 0 Å². The molecule has 2 heterocycles. The van der Waals surface area contributed by atoms with Crippen LogP contribution in [0.5, 0.6) is 0 Å². The van der Waals surface area contributed by atoms with Crippen molar-refractivity contribution in [2.45, 2.75) is 0 Å². The van der Waals surface area contributed by atoms with Crippen LogP contribution >= 0.6 is 0 Å². The molecule has 0 unspecified atom stereocenters. The molecule has 0 radical (unpaired) electrons. The first-order chi connectivity index (χ1) is 18.9. The van der Waals surface area contributed by atoms with Gasteiger partial charge in [0.25, 0.3) is 0 Å². The molecule has 2 aromatic heterocycles. The van der Waals surface area contributed by atoms with Gasteiger partial charge in [0.05, 0.1) is 0 Å². The molecule has 178 valence electrons. The van der Waals surface area contributed by atoms with Crippen LogP contribution in [-0.4, -0.2) is 9.97 Å². The largest absolute Gasteiger partial charge is 0.265 e. The number of pyridine rings is 2. The minimum absolute atomic E-state index is 1.12. The standard InChI is InChI=1S/C36H24N2/c1-3-12-33-31(10-1)35(27-16-14-25(15-17-27)30-9-6-20-38-24-30)32-11-2-4-13-34(32)36(33)29-8-5-7-28(23-29)26-18-21-37-22-19-26/h1-24H. The van der Waals surface area contributed by atoms with Gasteiger partial charge in [0, 0.05) is 24.8 Å². The number of rotatable bonds is 4. The Morgan fingerprint density at radius 1 is 0.316 bits per heavy atom. The lowest BCUT2D eigenvalue weighted by Crippen LogP contribution is -1.91. The zero-order valence-corrected chi connectivity index (χ0v) is 20.8. The average Bonchev–Trinajstić information content (AvgIpc) is 3.01. The number of nitrogens with zero attached hydrogens (tertiary/aromatic N) is 2. The number of hydrogen-bond acceptors (Lipinski definition) is 2. The van der Waals surface area contributed by atoms with E-state index in [1.54, 1.807) is 0 Å². The smallest absolute Gasteiger partial charge is 0.0346 e. The molecule has 0 spiro atoms. The minimum Gasteiger partial charge on any atom is -0.265 e. The van der Waals surface area contributed by atoms with Gasteiger partial charge in [-0.1, -0.05) is 97.1 Å². The fourth-order valence-corrected chi connectivity index (χ4v) is 5.51. The van der Waals surface area contributed by atoms with Crippen LogP contribution in [0, 0.1) is 0 Å². The number of hydrogen-bond donors (Lipinski definition) is 0. The first-order valence-electron chi connectivity index (χ1n) is 12.8. The van der Waals surface area contributed by atoms with Crippen molar-refractivity contribution in [2.24, 2.45) is 0 Å². The Morgan fingerprint density at radius 2 is 0.842 bits per heavy atom. The molecule has 0 amide bonds. The molecule has 7 aromatic rings. The van der Waals surface area contributed by atoms with Crippen molar-refractivity contribution < 1.29 is 0 Å². The third-order valence-electron chi connectivity index (χ3n) is 7.26. The number of aromatic nitrogens is 2. The summed E-state index contributed by atoms with van der Waals surface area (Å²) in [5.74, 6) is 0. The lowest BCUT2D eigenvalue weighted by atomic mass is 9.85. The molecule has 0 aliphatic rings. The first-order valence-corrected chi connectivity index (χ1v) is 12.8. The summed E-state index contributed by atoms with van der Waals surface area (Å²) in [4.78, 5) is 8.48. The summed E-state index contributed by atoms with van der Waals surface area (Å²) in [7, 11) is 0. The van der Waals surface area contributed by atoms with E-state index in [0.29, 0.717) is 0 Å². The maximum Gasteiger partial charge on any atom is 0.0346 e. The van der Waals surface area contributed by atoms with Crippen molar-refractivity contribution in [1.82, 2.24) is 9.97 Å². The van der Waals surface area contributed by atoms with Crippen molar-refractivity contribution >= 4 is 21.5 Å². The topological polar surface area (TPSA) is 25.8 Å². The van der Waals surface area contributed by atoms with Gasteiger partial charge in [0.2, 0.25) is 0 Å². The molecule has 0 bridgehead atoms. The highest BCUT2D eigenvalue weighted by atomic mass is 14.6. The van der Waals surface area contributed by atoms with Crippen LogP contribution in [0.1, 0.15) is 0 Å². The monoisotopic (exact) mass is 484 g/mol. The predicted molar refractivity (Wildman–Crippen MR) is 159 cm³/mol. The molecule has 7 rings (SSSR count). The molecule has 38 heavy (non-hydrogen) atoms. The Labute approximate surface area is 221 Å². The van der Waals surface area contributed by atoms with E-state index in [1.807, 2.05) is 30.9 Å². The van der Waals surface area contributed by atoms with Gasteiger partial charge in [0.1, 0.15) is 0 Å². The minimum atomic E-state index is 1.12. The molecule has 2 nitrogen and oxygen atoms in total. The number of benzene rings is 5. The van der Waals surface area contributed by atoms with Crippen molar-refractivity contribution in [3.63, 3.8) is 0 Å². The lowest BCUT2D eigenvalue weighted by molar-refractivity contribution is 1.33. The molecule has 0 saturated carbocycles. The van der Waals surface area contributed by atoms with Crippen molar-refractivity contribution in [3.05, 3.63) is 146 Å².